The van der Waals surface area contributed by atoms with Crippen LogP contribution in [0.2, 0.25) is 0 Å². The van der Waals surface area contributed by atoms with Crippen molar-refractivity contribution in [1.82, 2.24) is 4.90 Å². The molecule has 3 rings (SSSR count). The number of carbonyl (C=O) groups excluding carboxylic acids is 1. The number of halogens is 3. The number of hydrogen-bond acceptors (Lipinski definition) is 2. The van der Waals surface area contributed by atoms with Crippen LogP contribution >= 0.6 is 0 Å². The molecule has 0 aliphatic carbocycles. The fourth-order valence-corrected chi connectivity index (χ4v) is 3.06. The molecular weight excluding hydrogens is 331 g/mol. The van der Waals surface area contributed by atoms with Crippen LogP contribution in [-0.4, -0.2) is 29.1 Å². The van der Waals surface area contributed by atoms with E-state index in [1.165, 1.54) is 0 Å². The van der Waals surface area contributed by atoms with E-state index in [1.54, 1.807) is 67.6 Å². The fraction of sp³-hybridized carbons (Fsp3) is 0.316. The molecule has 0 saturated carbocycles. The highest BCUT2D eigenvalue weighted by molar-refractivity contribution is 5.89. The van der Waals surface area contributed by atoms with E-state index in [4.69, 9.17) is 4.74 Å². The van der Waals surface area contributed by atoms with Gasteiger partial charge in [-0.2, -0.15) is 13.2 Å². The van der Waals surface area contributed by atoms with Crippen molar-refractivity contribution < 1.29 is 22.7 Å². The highest BCUT2D eigenvalue weighted by atomic mass is 19.4. The Hall–Kier alpha value is -2.34. The number of β-lactam (4-membered cyclic amide) rings is 1. The van der Waals surface area contributed by atoms with Crippen LogP contribution in [0.5, 0.6) is 0 Å². The maximum Gasteiger partial charge on any atom is 0.411 e. The van der Waals surface area contributed by atoms with Crippen LogP contribution < -0.4 is 0 Å². The summed E-state index contributed by atoms with van der Waals surface area (Å²) in [6, 6.07) is 14.9. The maximum absolute atomic E-state index is 13.5. The summed E-state index contributed by atoms with van der Waals surface area (Å²) in [5.41, 5.74) is 1.39. The Morgan fingerprint density at radius 2 is 1.60 bits per heavy atom. The number of benzene rings is 2. The van der Waals surface area contributed by atoms with Gasteiger partial charge in [0.2, 0.25) is 0 Å². The van der Waals surface area contributed by atoms with Crippen molar-refractivity contribution in [2.24, 2.45) is 0 Å². The Kier molecular flexibility index (Phi) is 4.81. The topological polar surface area (TPSA) is 29.5 Å². The van der Waals surface area contributed by atoms with E-state index in [0.29, 0.717) is 5.56 Å². The second kappa shape index (κ2) is 6.88. The molecule has 2 aromatic carbocycles. The van der Waals surface area contributed by atoms with Crippen molar-refractivity contribution in [3.05, 3.63) is 71.8 Å². The molecule has 0 bridgehead atoms. The molecule has 0 radical (unpaired) electrons. The molecule has 3 nitrogen and oxygen atoms in total. The van der Waals surface area contributed by atoms with Crippen LogP contribution in [0.15, 0.2) is 60.7 Å². The van der Waals surface area contributed by atoms with E-state index < -0.39 is 30.3 Å². The molecule has 2 aromatic rings. The van der Waals surface area contributed by atoms with Gasteiger partial charge in [0.25, 0.3) is 5.91 Å². The zero-order valence-electron chi connectivity index (χ0n) is 13.6. The average molecular weight is 349 g/mol. The second-order valence-corrected chi connectivity index (χ2v) is 6.04. The van der Waals surface area contributed by atoms with Crippen LogP contribution in [0, 0.1) is 0 Å². The summed E-state index contributed by atoms with van der Waals surface area (Å²) in [7, 11) is 0. The van der Waals surface area contributed by atoms with Gasteiger partial charge in [0, 0.05) is 0 Å². The standard InChI is InChI=1S/C19H18F3NO2/c1-13(15-10-6-3-7-11-15)23-17(19(20,21)22)16(18(23)24)25-12-14-8-4-2-5-9-14/h2-11,13,16-17H,12H2,1H3/t13-,16-,17+/m0/s1. The second-order valence-electron chi connectivity index (χ2n) is 6.04. The lowest BCUT2D eigenvalue weighted by Crippen LogP contribution is -2.71. The number of likely N-dealkylation sites (tertiary alicyclic amines) is 1. The number of rotatable bonds is 5. The molecule has 25 heavy (non-hydrogen) atoms. The predicted octanol–water partition coefficient (Wildman–Crippen LogP) is 4.11. The van der Waals surface area contributed by atoms with Gasteiger partial charge in [-0.3, -0.25) is 4.79 Å². The molecule has 132 valence electrons. The van der Waals surface area contributed by atoms with E-state index >= 15 is 0 Å². The third-order valence-electron chi connectivity index (χ3n) is 4.39. The summed E-state index contributed by atoms with van der Waals surface area (Å²) in [5.74, 6) is -0.630. The van der Waals surface area contributed by atoms with Crippen LogP contribution in [0.4, 0.5) is 13.2 Å². The van der Waals surface area contributed by atoms with Crippen molar-refractivity contribution >= 4 is 5.91 Å². The SMILES string of the molecule is C[C@@H](c1ccccc1)N1C(=O)[C@@H](OCc2ccccc2)[C@@H]1C(F)(F)F. The highest BCUT2D eigenvalue weighted by Crippen LogP contribution is 2.42. The summed E-state index contributed by atoms with van der Waals surface area (Å²) in [6.45, 7) is 1.57. The summed E-state index contributed by atoms with van der Waals surface area (Å²) in [5, 5.41) is 0. The zero-order valence-corrected chi connectivity index (χ0v) is 13.6. The van der Waals surface area contributed by atoms with Crippen molar-refractivity contribution in [2.75, 3.05) is 0 Å². The van der Waals surface area contributed by atoms with E-state index in [0.717, 1.165) is 10.5 Å². The molecule has 0 N–H and O–H groups in total. The molecule has 1 fully saturated rings. The predicted molar refractivity (Wildman–Crippen MR) is 86.6 cm³/mol. The zero-order chi connectivity index (χ0) is 18.0. The lowest BCUT2D eigenvalue weighted by molar-refractivity contribution is -0.256. The summed E-state index contributed by atoms with van der Waals surface area (Å²) in [4.78, 5) is 13.2. The largest absolute Gasteiger partial charge is 0.411 e. The highest BCUT2D eigenvalue weighted by Gasteiger charge is 2.62. The van der Waals surface area contributed by atoms with Crippen molar-refractivity contribution in [3.63, 3.8) is 0 Å². The van der Waals surface area contributed by atoms with Gasteiger partial charge in [-0.1, -0.05) is 60.7 Å². The Balaban J connectivity index is 1.76. The molecular formula is C19H18F3NO2. The Bertz CT molecular complexity index is 718. The molecule has 0 unspecified atom stereocenters. The Labute approximate surface area is 144 Å². The molecule has 1 amide bonds. The number of carbonyl (C=O) groups is 1. The van der Waals surface area contributed by atoms with E-state index in [9.17, 15) is 18.0 Å². The quantitative estimate of drug-likeness (QED) is 0.761. The molecule has 1 aliphatic heterocycles. The molecule has 1 aliphatic rings. The minimum absolute atomic E-state index is 0.0304. The first-order valence-electron chi connectivity index (χ1n) is 7.99. The van der Waals surface area contributed by atoms with Gasteiger partial charge in [-0.15, -0.1) is 0 Å². The number of amides is 1. The summed E-state index contributed by atoms with van der Waals surface area (Å²) >= 11 is 0. The maximum atomic E-state index is 13.5. The Morgan fingerprint density at radius 3 is 2.16 bits per heavy atom. The van der Waals surface area contributed by atoms with E-state index in [1.807, 2.05) is 0 Å². The van der Waals surface area contributed by atoms with Gasteiger partial charge in [0.05, 0.1) is 12.6 Å². The van der Waals surface area contributed by atoms with Gasteiger partial charge in [0.1, 0.15) is 0 Å². The molecule has 1 heterocycles. The van der Waals surface area contributed by atoms with Crippen LogP contribution in [0.3, 0.4) is 0 Å². The normalized spacial score (nSPS) is 21.8. The number of ether oxygens (including phenoxy) is 1. The fourth-order valence-electron chi connectivity index (χ4n) is 3.06. The molecule has 6 heteroatoms. The lowest BCUT2D eigenvalue weighted by atomic mass is 9.92. The smallest absolute Gasteiger partial charge is 0.361 e. The van der Waals surface area contributed by atoms with Crippen LogP contribution in [-0.2, 0) is 16.1 Å². The van der Waals surface area contributed by atoms with Crippen molar-refractivity contribution in [2.45, 2.75) is 37.9 Å². The number of hydrogen-bond donors (Lipinski definition) is 0. The number of alkyl halides is 3. The first-order chi connectivity index (χ1) is 11.9. The first kappa shape index (κ1) is 17.5. The Morgan fingerprint density at radius 1 is 1.04 bits per heavy atom. The summed E-state index contributed by atoms with van der Waals surface area (Å²) in [6.07, 6.45) is -6.04. The van der Waals surface area contributed by atoms with Gasteiger partial charge >= 0.3 is 6.18 Å². The third kappa shape index (κ3) is 3.54. The van der Waals surface area contributed by atoms with Crippen molar-refractivity contribution in [1.29, 1.82) is 0 Å². The molecule has 0 spiro atoms. The van der Waals surface area contributed by atoms with Crippen molar-refractivity contribution in [3.8, 4) is 0 Å². The van der Waals surface area contributed by atoms with Gasteiger partial charge in [-0.25, -0.2) is 0 Å². The van der Waals surface area contributed by atoms with Gasteiger partial charge < -0.3 is 9.64 Å². The van der Waals surface area contributed by atoms with Gasteiger partial charge in [-0.05, 0) is 18.1 Å². The first-order valence-corrected chi connectivity index (χ1v) is 7.99. The number of nitrogens with zero attached hydrogens (tertiary/aromatic N) is 1. The minimum atomic E-state index is -4.54. The van der Waals surface area contributed by atoms with E-state index in [2.05, 4.69) is 0 Å². The lowest BCUT2D eigenvalue weighted by Gasteiger charge is -2.50. The molecule has 3 atom stereocenters. The minimum Gasteiger partial charge on any atom is -0.361 e. The molecule has 1 saturated heterocycles. The van der Waals surface area contributed by atoms with E-state index in [-0.39, 0.29) is 6.61 Å². The third-order valence-corrected chi connectivity index (χ3v) is 4.39. The van der Waals surface area contributed by atoms with Crippen LogP contribution in [0.1, 0.15) is 24.1 Å². The molecule has 0 aromatic heterocycles. The monoisotopic (exact) mass is 349 g/mol. The average Bonchev–Trinajstić information content (AvgIpc) is 2.60. The van der Waals surface area contributed by atoms with Crippen LogP contribution in [0.25, 0.3) is 0 Å². The van der Waals surface area contributed by atoms with Gasteiger partial charge in [0.15, 0.2) is 12.1 Å². The summed E-state index contributed by atoms with van der Waals surface area (Å²) < 4.78 is 45.8.